The lowest BCUT2D eigenvalue weighted by Crippen LogP contribution is -2.30. The molecule has 4 nitrogen and oxygen atoms in total. The molecule has 4 aromatic rings. The Morgan fingerprint density at radius 1 is 1.17 bits per heavy atom. The quantitative estimate of drug-likeness (QED) is 0.308. The molecule has 0 unspecified atom stereocenters. The molecule has 0 aliphatic carbocycles. The number of carbonyl (C=O) groups excluding carboxylic acids is 1. The normalized spacial score (nSPS) is 11.0. The molecule has 2 aromatic heterocycles. The third-order valence-electron chi connectivity index (χ3n) is 4.57. The lowest BCUT2D eigenvalue weighted by Gasteiger charge is -2.19. The molecule has 0 aliphatic rings. The van der Waals surface area contributed by atoms with Crippen LogP contribution in [0.25, 0.3) is 10.2 Å². The monoisotopic (exact) mass is 453 g/mol. The number of pyridine rings is 1. The van der Waals surface area contributed by atoms with Gasteiger partial charge in [0.1, 0.15) is 0 Å². The predicted molar refractivity (Wildman–Crippen MR) is 127 cm³/mol. The van der Waals surface area contributed by atoms with Crippen molar-refractivity contribution in [1.82, 2.24) is 9.97 Å². The van der Waals surface area contributed by atoms with Crippen molar-refractivity contribution in [3.8, 4) is 0 Å². The number of anilines is 1. The first-order valence-corrected chi connectivity index (χ1v) is 11.7. The van der Waals surface area contributed by atoms with E-state index in [0.717, 1.165) is 32.1 Å². The first-order chi connectivity index (χ1) is 14.5. The molecule has 0 saturated carbocycles. The van der Waals surface area contributed by atoms with Crippen molar-refractivity contribution in [2.24, 2.45) is 0 Å². The molecular weight excluding hydrogens is 434 g/mol. The van der Waals surface area contributed by atoms with Crippen molar-refractivity contribution >= 4 is 56.0 Å². The molecule has 0 aliphatic heterocycles. The third-order valence-corrected chi connectivity index (χ3v) is 6.71. The maximum absolute atomic E-state index is 13.5. The molecule has 0 N–H and O–H groups in total. The van der Waals surface area contributed by atoms with Gasteiger partial charge in [-0.1, -0.05) is 35.9 Å². The van der Waals surface area contributed by atoms with Gasteiger partial charge in [0, 0.05) is 21.7 Å². The second-order valence-corrected chi connectivity index (χ2v) is 9.52. The molecule has 152 valence electrons. The molecule has 1 amide bonds. The number of nitrogens with zero attached hydrogens (tertiary/aromatic N) is 3. The van der Waals surface area contributed by atoms with Gasteiger partial charge in [-0.05, 0) is 66.8 Å². The van der Waals surface area contributed by atoms with Gasteiger partial charge in [0.2, 0.25) is 0 Å². The molecule has 2 heterocycles. The average molecular weight is 454 g/mol. The van der Waals surface area contributed by atoms with Crippen LogP contribution >= 0.6 is 34.7 Å². The van der Waals surface area contributed by atoms with Crippen LogP contribution in [0, 0.1) is 6.92 Å². The second kappa shape index (κ2) is 9.16. The highest BCUT2D eigenvalue weighted by atomic mass is 35.5. The standard InChI is InChI=1S/C23H20ClN3OS2/c1-3-29-19-9-7-16(8-10-19)22(28)27(14-18-6-4-5-11-25-18)23-26-21-15(2)12-17(24)13-20(21)30-23/h4-13H,3,14H2,1-2H3. The number of thiazole rings is 1. The molecule has 0 saturated heterocycles. The number of aromatic nitrogens is 2. The van der Waals surface area contributed by atoms with Gasteiger partial charge in [-0.25, -0.2) is 4.98 Å². The van der Waals surface area contributed by atoms with Gasteiger partial charge in [0.05, 0.1) is 22.5 Å². The summed E-state index contributed by atoms with van der Waals surface area (Å²) >= 11 is 9.44. The molecule has 0 bridgehead atoms. The second-order valence-electron chi connectivity index (χ2n) is 6.74. The molecule has 0 fully saturated rings. The van der Waals surface area contributed by atoms with Crippen LogP contribution < -0.4 is 4.90 Å². The summed E-state index contributed by atoms with van der Waals surface area (Å²) in [5, 5.41) is 1.31. The van der Waals surface area contributed by atoms with Crippen LogP contribution in [0.15, 0.2) is 65.7 Å². The van der Waals surface area contributed by atoms with Crippen LogP contribution in [0.2, 0.25) is 5.02 Å². The molecule has 0 radical (unpaired) electrons. The number of thioether (sulfide) groups is 1. The summed E-state index contributed by atoms with van der Waals surface area (Å²) in [6, 6.07) is 17.2. The van der Waals surface area contributed by atoms with Crippen LogP contribution in [0.3, 0.4) is 0 Å². The summed E-state index contributed by atoms with van der Waals surface area (Å²) in [7, 11) is 0. The Kier molecular flexibility index (Phi) is 6.37. The zero-order valence-corrected chi connectivity index (χ0v) is 19.0. The highest BCUT2D eigenvalue weighted by molar-refractivity contribution is 7.99. The minimum absolute atomic E-state index is 0.100. The molecule has 0 atom stereocenters. The van der Waals surface area contributed by atoms with E-state index in [2.05, 4.69) is 11.9 Å². The topological polar surface area (TPSA) is 46.1 Å². The molecule has 0 spiro atoms. The minimum Gasteiger partial charge on any atom is -0.278 e. The van der Waals surface area contributed by atoms with Crippen molar-refractivity contribution in [2.75, 3.05) is 10.7 Å². The van der Waals surface area contributed by atoms with Gasteiger partial charge in [0.25, 0.3) is 5.91 Å². The number of benzene rings is 2. The first-order valence-electron chi connectivity index (χ1n) is 9.56. The Balaban J connectivity index is 1.74. The van der Waals surface area contributed by atoms with E-state index in [9.17, 15) is 4.79 Å². The number of carbonyl (C=O) groups is 1. The highest BCUT2D eigenvalue weighted by Gasteiger charge is 2.23. The summed E-state index contributed by atoms with van der Waals surface area (Å²) in [6.07, 6.45) is 1.73. The van der Waals surface area contributed by atoms with E-state index in [0.29, 0.717) is 22.3 Å². The molecular formula is C23H20ClN3OS2. The fourth-order valence-electron chi connectivity index (χ4n) is 3.15. The van der Waals surface area contributed by atoms with Crippen LogP contribution in [-0.2, 0) is 6.54 Å². The van der Waals surface area contributed by atoms with Gasteiger partial charge in [-0.2, -0.15) is 0 Å². The largest absolute Gasteiger partial charge is 0.278 e. The first kappa shape index (κ1) is 20.8. The Hall–Kier alpha value is -2.41. The Morgan fingerprint density at radius 2 is 1.97 bits per heavy atom. The summed E-state index contributed by atoms with van der Waals surface area (Å²) in [5.41, 5.74) is 3.29. The van der Waals surface area contributed by atoms with E-state index < -0.39 is 0 Å². The molecule has 30 heavy (non-hydrogen) atoms. The number of hydrogen-bond donors (Lipinski definition) is 0. The molecule has 2 aromatic carbocycles. The fourth-order valence-corrected chi connectivity index (χ4v) is 5.23. The van der Waals surface area contributed by atoms with E-state index in [4.69, 9.17) is 16.6 Å². The van der Waals surface area contributed by atoms with Crippen molar-refractivity contribution in [3.05, 3.63) is 82.6 Å². The molecule has 4 rings (SSSR count). The Morgan fingerprint density at radius 3 is 2.67 bits per heavy atom. The van der Waals surface area contributed by atoms with E-state index in [1.807, 2.05) is 61.5 Å². The molecule has 7 heteroatoms. The van der Waals surface area contributed by atoms with Crippen molar-refractivity contribution < 1.29 is 4.79 Å². The van der Waals surface area contributed by atoms with Crippen LogP contribution in [0.4, 0.5) is 5.13 Å². The number of hydrogen-bond acceptors (Lipinski definition) is 5. The SMILES string of the molecule is CCSc1ccc(C(=O)N(Cc2ccccn2)c2nc3c(C)cc(Cl)cc3s2)cc1. The summed E-state index contributed by atoms with van der Waals surface area (Å²) < 4.78 is 0.962. The number of fused-ring (bicyclic) bond motifs is 1. The zero-order valence-electron chi connectivity index (χ0n) is 16.6. The van der Waals surface area contributed by atoms with Gasteiger partial charge >= 0.3 is 0 Å². The smallest absolute Gasteiger partial charge is 0.260 e. The Bertz CT molecular complexity index is 1180. The van der Waals surface area contributed by atoms with Crippen molar-refractivity contribution in [2.45, 2.75) is 25.3 Å². The third kappa shape index (κ3) is 4.51. The van der Waals surface area contributed by atoms with E-state index in [1.165, 1.54) is 11.3 Å². The van der Waals surface area contributed by atoms with Gasteiger partial charge in [0.15, 0.2) is 5.13 Å². The fraction of sp³-hybridized carbons (Fsp3) is 0.174. The number of aryl methyl sites for hydroxylation is 1. The number of amides is 1. The number of halogens is 1. The maximum Gasteiger partial charge on any atom is 0.260 e. The zero-order chi connectivity index (χ0) is 21.1. The van der Waals surface area contributed by atoms with Crippen LogP contribution in [0.1, 0.15) is 28.5 Å². The summed E-state index contributed by atoms with van der Waals surface area (Å²) in [5.74, 6) is 0.892. The average Bonchev–Trinajstić information content (AvgIpc) is 3.17. The lowest BCUT2D eigenvalue weighted by atomic mass is 10.2. The lowest BCUT2D eigenvalue weighted by molar-refractivity contribution is 0.0984. The van der Waals surface area contributed by atoms with Crippen LogP contribution in [-0.4, -0.2) is 21.6 Å². The summed E-state index contributed by atoms with van der Waals surface area (Å²) in [4.78, 5) is 25.5. The Labute approximate surface area is 188 Å². The summed E-state index contributed by atoms with van der Waals surface area (Å²) in [6.45, 7) is 4.43. The van der Waals surface area contributed by atoms with E-state index in [1.54, 1.807) is 22.9 Å². The van der Waals surface area contributed by atoms with Crippen molar-refractivity contribution in [3.63, 3.8) is 0 Å². The highest BCUT2D eigenvalue weighted by Crippen LogP contribution is 2.34. The predicted octanol–water partition coefficient (Wildman–Crippen LogP) is 6.61. The van der Waals surface area contributed by atoms with Gasteiger partial charge in [-0.3, -0.25) is 14.7 Å². The number of rotatable bonds is 6. The maximum atomic E-state index is 13.5. The van der Waals surface area contributed by atoms with E-state index in [-0.39, 0.29) is 5.91 Å². The van der Waals surface area contributed by atoms with Crippen LogP contribution in [0.5, 0.6) is 0 Å². The van der Waals surface area contributed by atoms with Gasteiger partial charge in [-0.15, -0.1) is 11.8 Å². The van der Waals surface area contributed by atoms with Crippen molar-refractivity contribution in [1.29, 1.82) is 0 Å². The van der Waals surface area contributed by atoms with E-state index >= 15 is 0 Å². The van der Waals surface area contributed by atoms with Gasteiger partial charge < -0.3 is 0 Å². The minimum atomic E-state index is -0.100.